The summed E-state index contributed by atoms with van der Waals surface area (Å²) in [6, 6.07) is 0.516. The number of nitrogens with one attached hydrogen (secondary N) is 2. The van der Waals surface area contributed by atoms with Crippen molar-refractivity contribution in [3.8, 4) is 0 Å². The monoisotopic (exact) mass is 525 g/mol. The lowest BCUT2D eigenvalue weighted by Crippen LogP contribution is -2.46. The lowest BCUT2D eigenvalue weighted by atomic mass is 9.73. The van der Waals surface area contributed by atoms with Crippen LogP contribution in [-0.2, 0) is 9.84 Å². The summed E-state index contributed by atoms with van der Waals surface area (Å²) < 4.78 is 23.4. The Balaban J connectivity index is 0.00000280. The van der Waals surface area contributed by atoms with Crippen LogP contribution in [0, 0.1) is 17.3 Å². The van der Waals surface area contributed by atoms with Crippen molar-refractivity contribution in [2.24, 2.45) is 22.2 Å². The van der Waals surface area contributed by atoms with E-state index in [-0.39, 0.29) is 29.9 Å². The van der Waals surface area contributed by atoms with E-state index >= 15 is 0 Å². The van der Waals surface area contributed by atoms with Crippen LogP contribution in [0.3, 0.4) is 0 Å². The quantitative estimate of drug-likeness (QED) is 0.322. The Kier molecular flexibility index (Phi) is 9.36. The Hall–Kier alpha value is -0.0500. The largest absolute Gasteiger partial charge is 0.356 e. The minimum atomic E-state index is -2.82. The van der Waals surface area contributed by atoms with Crippen LogP contribution in [0.5, 0.6) is 0 Å². The van der Waals surface area contributed by atoms with E-state index in [4.69, 9.17) is 4.99 Å². The maximum absolute atomic E-state index is 11.7. The fraction of sp³-hybridized carbons (Fsp3) is 0.952. The second-order valence-electron chi connectivity index (χ2n) is 9.93. The molecule has 0 aromatic heterocycles. The van der Waals surface area contributed by atoms with E-state index in [1.165, 1.54) is 57.8 Å². The molecule has 3 fully saturated rings. The molecule has 7 heteroatoms. The minimum absolute atomic E-state index is 0. The lowest BCUT2D eigenvalue weighted by Gasteiger charge is -2.34. The lowest BCUT2D eigenvalue weighted by molar-refractivity contribution is 0.192. The first-order chi connectivity index (χ1) is 12.8. The molecule has 2 aliphatic carbocycles. The number of sulfone groups is 1. The van der Waals surface area contributed by atoms with Crippen LogP contribution in [0.25, 0.3) is 0 Å². The molecule has 1 atom stereocenters. The molecule has 164 valence electrons. The maximum Gasteiger partial charge on any atom is 0.191 e. The van der Waals surface area contributed by atoms with Gasteiger partial charge in [-0.05, 0) is 62.2 Å². The highest BCUT2D eigenvalue weighted by Gasteiger charge is 2.28. The number of hydrogen-bond acceptors (Lipinski definition) is 3. The molecule has 0 aromatic rings. The fourth-order valence-corrected chi connectivity index (χ4v) is 6.58. The van der Waals surface area contributed by atoms with Crippen molar-refractivity contribution < 1.29 is 8.42 Å². The molecule has 1 saturated heterocycles. The zero-order valence-corrected chi connectivity index (χ0v) is 20.9. The summed E-state index contributed by atoms with van der Waals surface area (Å²) in [5.74, 6) is 2.48. The van der Waals surface area contributed by atoms with E-state index in [0.717, 1.165) is 24.8 Å². The molecule has 0 spiro atoms. The Bertz CT molecular complexity index is 605. The van der Waals surface area contributed by atoms with Gasteiger partial charge in [-0.3, -0.25) is 4.99 Å². The normalized spacial score (nSPS) is 28.5. The third-order valence-electron chi connectivity index (χ3n) is 6.80. The molecular weight excluding hydrogens is 485 g/mol. The Morgan fingerprint density at radius 3 is 2.29 bits per heavy atom. The van der Waals surface area contributed by atoms with Crippen LogP contribution < -0.4 is 10.6 Å². The summed E-state index contributed by atoms with van der Waals surface area (Å²) in [5, 5.41) is 7.24. The number of nitrogens with zero attached hydrogens (tertiary/aromatic N) is 1. The first-order valence-electron chi connectivity index (χ1n) is 11.1. The van der Waals surface area contributed by atoms with Crippen LogP contribution >= 0.6 is 24.0 Å². The standard InChI is InChI=1S/C21H39N3O2S.HI/c1-21(2)11-8-17(9-12-21)14-22-20(24-19-6-4-3-5-7-19)23-15-18-10-13-27(25,26)16-18;/h17-19H,3-16H2,1-2H3,(H2,22,23,24);1H. The van der Waals surface area contributed by atoms with Gasteiger partial charge in [-0.25, -0.2) is 8.42 Å². The highest BCUT2D eigenvalue weighted by atomic mass is 127. The van der Waals surface area contributed by atoms with Crippen LogP contribution in [0.15, 0.2) is 4.99 Å². The van der Waals surface area contributed by atoms with Crippen molar-refractivity contribution in [3.63, 3.8) is 0 Å². The molecule has 0 bridgehead atoms. The van der Waals surface area contributed by atoms with Crippen molar-refractivity contribution in [1.82, 2.24) is 10.6 Å². The SMILES string of the molecule is CC1(C)CCC(CNC(=NCC2CCS(=O)(=O)C2)NC2CCCCC2)CC1.I. The third kappa shape index (κ3) is 8.00. The van der Waals surface area contributed by atoms with Gasteiger partial charge in [0.2, 0.25) is 0 Å². The van der Waals surface area contributed by atoms with Crippen molar-refractivity contribution in [3.05, 3.63) is 0 Å². The molecule has 0 aromatic carbocycles. The van der Waals surface area contributed by atoms with Gasteiger partial charge in [0.1, 0.15) is 0 Å². The zero-order chi connectivity index (χ0) is 19.3. The molecule has 0 amide bonds. The van der Waals surface area contributed by atoms with Crippen LogP contribution in [0.4, 0.5) is 0 Å². The van der Waals surface area contributed by atoms with Gasteiger partial charge in [0.25, 0.3) is 0 Å². The number of guanidine groups is 1. The van der Waals surface area contributed by atoms with Crippen LogP contribution in [-0.4, -0.2) is 45.0 Å². The Morgan fingerprint density at radius 1 is 1.00 bits per heavy atom. The molecule has 5 nitrogen and oxygen atoms in total. The molecule has 1 heterocycles. The van der Waals surface area contributed by atoms with Crippen molar-refractivity contribution >= 4 is 39.8 Å². The number of rotatable bonds is 5. The highest BCUT2D eigenvalue weighted by Crippen LogP contribution is 2.37. The van der Waals surface area contributed by atoms with Gasteiger partial charge in [0, 0.05) is 19.1 Å². The number of halogens is 1. The van der Waals surface area contributed by atoms with Gasteiger partial charge < -0.3 is 10.6 Å². The number of aliphatic imine (C=N–C) groups is 1. The van der Waals surface area contributed by atoms with Crippen molar-refractivity contribution in [2.75, 3.05) is 24.6 Å². The molecule has 2 N–H and O–H groups in total. The molecule has 28 heavy (non-hydrogen) atoms. The average Bonchev–Trinajstić information content (AvgIpc) is 2.98. The predicted octanol–water partition coefficient (Wildman–Crippen LogP) is 4.12. The van der Waals surface area contributed by atoms with Gasteiger partial charge in [-0.2, -0.15) is 0 Å². The fourth-order valence-electron chi connectivity index (χ4n) is 4.73. The molecule has 1 aliphatic heterocycles. The van der Waals surface area contributed by atoms with Crippen molar-refractivity contribution in [1.29, 1.82) is 0 Å². The van der Waals surface area contributed by atoms with Gasteiger partial charge in [-0.15, -0.1) is 24.0 Å². The summed E-state index contributed by atoms with van der Waals surface area (Å²) in [5.41, 5.74) is 0.502. The van der Waals surface area contributed by atoms with Gasteiger partial charge in [0.15, 0.2) is 15.8 Å². The van der Waals surface area contributed by atoms with Gasteiger partial charge in [0.05, 0.1) is 11.5 Å². The highest BCUT2D eigenvalue weighted by molar-refractivity contribution is 14.0. The summed E-state index contributed by atoms with van der Waals surface area (Å²) >= 11 is 0. The van der Waals surface area contributed by atoms with Crippen LogP contribution in [0.1, 0.15) is 78.1 Å². The van der Waals surface area contributed by atoms with E-state index in [1.807, 2.05) is 0 Å². The van der Waals surface area contributed by atoms with E-state index in [0.29, 0.717) is 29.5 Å². The zero-order valence-electron chi connectivity index (χ0n) is 17.7. The Labute approximate surface area is 189 Å². The third-order valence-corrected chi connectivity index (χ3v) is 8.63. The van der Waals surface area contributed by atoms with Crippen LogP contribution in [0.2, 0.25) is 0 Å². The summed E-state index contributed by atoms with van der Waals surface area (Å²) in [7, 11) is -2.82. The molecule has 3 rings (SSSR count). The molecular formula is C21H40IN3O2S. The van der Waals surface area contributed by atoms with Gasteiger partial charge in [-0.1, -0.05) is 33.1 Å². The first-order valence-corrected chi connectivity index (χ1v) is 12.9. The van der Waals surface area contributed by atoms with Crippen molar-refractivity contribution in [2.45, 2.75) is 84.1 Å². The summed E-state index contributed by atoms with van der Waals surface area (Å²) in [6.45, 7) is 6.37. The molecule has 2 saturated carbocycles. The topological polar surface area (TPSA) is 70.6 Å². The summed E-state index contributed by atoms with van der Waals surface area (Å²) in [6.07, 6.45) is 12.3. The van der Waals surface area contributed by atoms with E-state index in [1.54, 1.807) is 0 Å². The average molecular weight is 526 g/mol. The second-order valence-corrected chi connectivity index (χ2v) is 12.2. The second kappa shape index (κ2) is 10.8. The number of hydrogen-bond donors (Lipinski definition) is 2. The van der Waals surface area contributed by atoms with E-state index in [9.17, 15) is 8.42 Å². The molecule has 3 aliphatic rings. The molecule has 1 unspecified atom stereocenters. The van der Waals surface area contributed by atoms with Gasteiger partial charge >= 0.3 is 0 Å². The van der Waals surface area contributed by atoms with E-state index in [2.05, 4.69) is 24.5 Å². The maximum atomic E-state index is 11.7. The Morgan fingerprint density at radius 2 is 1.68 bits per heavy atom. The summed E-state index contributed by atoms with van der Waals surface area (Å²) in [4.78, 5) is 4.81. The molecule has 0 radical (unpaired) electrons. The predicted molar refractivity (Wildman–Crippen MR) is 128 cm³/mol. The smallest absolute Gasteiger partial charge is 0.191 e. The first kappa shape index (κ1) is 24.2. The minimum Gasteiger partial charge on any atom is -0.356 e. The van der Waals surface area contributed by atoms with E-state index < -0.39 is 9.84 Å².